The van der Waals surface area contributed by atoms with Crippen LogP contribution in [-0.2, 0) is 22.7 Å². The Morgan fingerprint density at radius 1 is 1.13 bits per heavy atom. The summed E-state index contributed by atoms with van der Waals surface area (Å²) in [5.41, 5.74) is 2.64. The van der Waals surface area contributed by atoms with E-state index in [1.807, 2.05) is 53.4 Å². The van der Waals surface area contributed by atoms with Gasteiger partial charge in [0.15, 0.2) is 0 Å². The highest BCUT2D eigenvalue weighted by Crippen LogP contribution is 2.31. The monoisotopic (exact) mass is 404 g/mol. The summed E-state index contributed by atoms with van der Waals surface area (Å²) >= 11 is 0. The molecule has 4 rings (SSSR count). The zero-order chi connectivity index (χ0) is 20.8. The second kappa shape index (κ2) is 9.37. The van der Waals surface area contributed by atoms with Gasteiger partial charge in [-0.2, -0.15) is 0 Å². The summed E-state index contributed by atoms with van der Waals surface area (Å²) in [5.74, 6) is 2.26. The topological polar surface area (TPSA) is 76.6 Å². The predicted octanol–water partition coefficient (Wildman–Crippen LogP) is 4.28. The van der Waals surface area contributed by atoms with Gasteiger partial charge in [-0.25, -0.2) is 4.98 Å². The lowest BCUT2D eigenvalue weighted by molar-refractivity contribution is -0.128. The van der Waals surface area contributed by atoms with Crippen LogP contribution in [0.2, 0.25) is 0 Å². The van der Waals surface area contributed by atoms with Gasteiger partial charge >= 0.3 is 0 Å². The van der Waals surface area contributed by atoms with Gasteiger partial charge in [0, 0.05) is 44.1 Å². The molecule has 1 saturated heterocycles. The van der Waals surface area contributed by atoms with Crippen molar-refractivity contribution >= 4 is 17.4 Å². The van der Waals surface area contributed by atoms with Crippen LogP contribution in [0.4, 0.5) is 11.5 Å². The Morgan fingerprint density at radius 2 is 2.07 bits per heavy atom. The van der Waals surface area contributed by atoms with Gasteiger partial charge in [0.1, 0.15) is 17.3 Å². The number of hydrogen-bond donors (Lipinski definition) is 1. The number of nitrogens with one attached hydrogen (secondary N) is 1. The van der Waals surface area contributed by atoms with E-state index < -0.39 is 0 Å². The van der Waals surface area contributed by atoms with Crippen molar-refractivity contribution < 1.29 is 14.3 Å². The molecule has 1 aliphatic rings. The summed E-state index contributed by atoms with van der Waals surface area (Å²) in [5, 5.41) is 3.30. The number of aromatic nitrogens is 2. The first kappa shape index (κ1) is 19.8. The molecule has 1 N–H and O–H groups in total. The van der Waals surface area contributed by atoms with Crippen molar-refractivity contribution in [2.75, 3.05) is 19.0 Å². The molecule has 0 bridgehead atoms. The lowest BCUT2D eigenvalue weighted by Crippen LogP contribution is -2.24. The number of benzene rings is 1. The summed E-state index contributed by atoms with van der Waals surface area (Å²) in [4.78, 5) is 22.7. The summed E-state index contributed by atoms with van der Waals surface area (Å²) in [7, 11) is 1.64. The van der Waals surface area contributed by atoms with Crippen LogP contribution in [0, 0.1) is 0 Å². The third kappa shape index (κ3) is 4.93. The molecule has 154 valence electrons. The van der Waals surface area contributed by atoms with Gasteiger partial charge in [-0.1, -0.05) is 6.07 Å². The van der Waals surface area contributed by atoms with Crippen LogP contribution in [0.25, 0.3) is 0 Å². The number of hydrogen-bond acceptors (Lipinski definition) is 6. The minimum atomic E-state index is 0.176. The Bertz CT molecular complexity index is 993. The highest BCUT2D eigenvalue weighted by Gasteiger charge is 2.22. The van der Waals surface area contributed by atoms with Crippen molar-refractivity contribution in [2.24, 2.45) is 0 Å². The molecule has 1 aliphatic heterocycles. The van der Waals surface area contributed by atoms with E-state index in [1.54, 1.807) is 19.5 Å². The minimum Gasteiger partial charge on any atom is -0.455 e. The van der Waals surface area contributed by atoms with E-state index in [2.05, 4.69) is 15.3 Å². The van der Waals surface area contributed by atoms with Crippen molar-refractivity contribution in [3.63, 3.8) is 0 Å². The molecule has 7 nitrogen and oxygen atoms in total. The number of pyridine rings is 2. The lowest BCUT2D eigenvalue weighted by atomic mass is 10.1. The first-order valence-electron chi connectivity index (χ1n) is 9.92. The normalized spacial score (nSPS) is 13.5. The number of carbonyl (C=O) groups excluding carboxylic acids is 1. The zero-order valence-electron chi connectivity index (χ0n) is 16.9. The highest BCUT2D eigenvalue weighted by atomic mass is 16.5. The SMILES string of the molecule is COCc1ccc(Oc2ccc(Nc3ccccn3)cc2CN2CCCC2=O)cn1. The highest BCUT2D eigenvalue weighted by molar-refractivity contribution is 5.78. The molecule has 0 atom stereocenters. The molecular formula is C23H24N4O3. The third-order valence-electron chi connectivity index (χ3n) is 4.85. The van der Waals surface area contributed by atoms with E-state index in [-0.39, 0.29) is 5.91 Å². The molecule has 7 heteroatoms. The van der Waals surface area contributed by atoms with Gasteiger partial charge in [-0.05, 0) is 48.9 Å². The number of anilines is 2. The molecule has 1 aromatic carbocycles. The van der Waals surface area contributed by atoms with E-state index in [4.69, 9.17) is 9.47 Å². The fraction of sp³-hybridized carbons (Fsp3) is 0.261. The van der Waals surface area contributed by atoms with Crippen LogP contribution in [0.5, 0.6) is 11.5 Å². The molecule has 0 unspecified atom stereocenters. The zero-order valence-corrected chi connectivity index (χ0v) is 16.9. The van der Waals surface area contributed by atoms with E-state index in [0.29, 0.717) is 31.1 Å². The van der Waals surface area contributed by atoms with E-state index in [1.165, 1.54) is 0 Å². The quantitative estimate of drug-likeness (QED) is 0.604. The molecule has 3 heterocycles. The number of nitrogens with zero attached hydrogens (tertiary/aromatic N) is 3. The van der Waals surface area contributed by atoms with E-state index in [9.17, 15) is 4.79 Å². The first-order valence-corrected chi connectivity index (χ1v) is 9.92. The fourth-order valence-electron chi connectivity index (χ4n) is 3.37. The Kier molecular flexibility index (Phi) is 6.20. The van der Waals surface area contributed by atoms with Crippen LogP contribution in [0.1, 0.15) is 24.1 Å². The second-order valence-corrected chi connectivity index (χ2v) is 7.10. The average molecular weight is 404 g/mol. The minimum absolute atomic E-state index is 0.176. The first-order chi connectivity index (χ1) is 14.7. The molecule has 0 spiro atoms. The molecule has 1 amide bonds. The van der Waals surface area contributed by atoms with Gasteiger partial charge in [0.25, 0.3) is 0 Å². The maximum absolute atomic E-state index is 12.2. The third-order valence-corrected chi connectivity index (χ3v) is 4.85. The van der Waals surface area contributed by atoms with Gasteiger partial charge in [-0.15, -0.1) is 0 Å². The van der Waals surface area contributed by atoms with Crippen LogP contribution in [-0.4, -0.2) is 34.4 Å². The predicted molar refractivity (Wildman–Crippen MR) is 114 cm³/mol. The number of ether oxygens (including phenoxy) is 2. The number of methoxy groups -OCH3 is 1. The number of likely N-dealkylation sites (tertiary alicyclic amines) is 1. The average Bonchev–Trinajstić information content (AvgIpc) is 3.17. The smallest absolute Gasteiger partial charge is 0.222 e. The molecule has 3 aromatic rings. The van der Waals surface area contributed by atoms with Crippen molar-refractivity contribution in [1.29, 1.82) is 0 Å². The molecule has 0 radical (unpaired) electrons. The molecule has 30 heavy (non-hydrogen) atoms. The Hall–Kier alpha value is -3.45. The number of amides is 1. The maximum atomic E-state index is 12.2. The van der Waals surface area contributed by atoms with Crippen molar-refractivity contribution in [3.05, 3.63) is 72.2 Å². The standard InChI is InChI=1S/C23H24N4O3/c1-29-16-19-7-9-20(14-25-19)30-21-10-8-18(26-22-5-2-3-11-24-22)13-17(21)15-27-12-4-6-23(27)28/h2-3,5,7-11,13-14H,4,6,12,15-16H2,1H3,(H,24,26). The van der Waals surface area contributed by atoms with Gasteiger partial charge < -0.3 is 19.7 Å². The largest absolute Gasteiger partial charge is 0.455 e. The summed E-state index contributed by atoms with van der Waals surface area (Å²) in [6, 6.07) is 15.3. The van der Waals surface area contributed by atoms with Crippen LogP contribution in [0.15, 0.2) is 60.9 Å². The summed E-state index contributed by atoms with van der Waals surface area (Å²) in [6.07, 6.45) is 4.92. The van der Waals surface area contributed by atoms with Crippen molar-refractivity contribution in [3.8, 4) is 11.5 Å². The van der Waals surface area contributed by atoms with Gasteiger partial charge in [0.2, 0.25) is 5.91 Å². The van der Waals surface area contributed by atoms with Crippen LogP contribution >= 0.6 is 0 Å². The second-order valence-electron chi connectivity index (χ2n) is 7.10. The van der Waals surface area contributed by atoms with Crippen molar-refractivity contribution in [2.45, 2.75) is 26.0 Å². The van der Waals surface area contributed by atoms with Gasteiger partial charge in [-0.3, -0.25) is 9.78 Å². The maximum Gasteiger partial charge on any atom is 0.222 e. The van der Waals surface area contributed by atoms with Crippen LogP contribution in [0.3, 0.4) is 0 Å². The van der Waals surface area contributed by atoms with Crippen LogP contribution < -0.4 is 10.1 Å². The number of carbonyl (C=O) groups is 1. The van der Waals surface area contributed by atoms with Gasteiger partial charge in [0.05, 0.1) is 18.5 Å². The Labute approximate surface area is 175 Å². The molecular weight excluding hydrogens is 380 g/mol. The van der Waals surface area contributed by atoms with E-state index in [0.717, 1.165) is 35.7 Å². The number of rotatable bonds is 8. The molecule has 2 aromatic heterocycles. The van der Waals surface area contributed by atoms with E-state index >= 15 is 0 Å². The summed E-state index contributed by atoms with van der Waals surface area (Å²) in [6.45, 7) is 1.72. The van der Waals surface area contributed by atoms with Crippen molar-refractivity contribution in [1.82, 2.24) is 14.9 Å². The fourth-order valence-corrected chi connectivity index (χ4v) is 3.37. The molecule has 0 aliphatic carbocycles. The molecule has 1 fully saturated rings. The summed E-state index contributed by atoms with van der Waals surface area (Å²) < 4.78 is 11.2. The lowest BCUT2D eigenvalue weighted by Gasteiger charge is -2.19. The Balaban J connectivity index is 1.58. The Morgan fingerprint density at radius 3 is 2.77 bits per heavy atom. The molecule has 0 saturated carbocycles.